The molecular formula is C15H19NO4. The Bertz CT molecular complexity index is 495. The number of pyridine rings is 1. The number of ketones is 1. The number of carbonyl (C=O) groups is 1. The molecule has 1 spiro atoms. The van der Waals surface area contributed by atoms with Gasteiger partial charge in [0.15, 0.2) is 11.6 Å². The first kappa shape index (κ1) is 13.7. The summed E-state index contributed by atoms with van der Waals surface area (Å²) in [5.41, 5.74) is -0.0106. The van der Waals surface area contributed by atoms with Crippen molar-refractivity contribution >= 4 is 5.78 Å². The molecule has 2 aliphatic rings. The number of ether oxygens (including phenoxy) is 2. The fraction of sp³-hybridized carbons (Fsp3) is 0.600. The van der Waals surface area contributed by atoms with Crippen molar-refractivity contribution in [3.63, 3.8) is 0 Å². The van der Waals surface area contributed by atoms with Crippen molar-refractivity contribution in [2.45, 2.75) is 44.0 Å². The highest BCUT2D eigenvalue weighted by Crippen LogP contribution is 2.41. The Kier molecular flexibility index (Phi) is 3.36. The quantitative estimate of drug-likeness (QED) is 0.832. The molecule has 0 amide bonds. The predicted octanol–water partition coefficient (Wildman–Crippen LogP) is 1.62. The van der Waals surface area contributed by atoms with Gasteiger partial charge in [-0.25, -0.2) is 0 Å². The zero-order valence-corrected chi connectivity index (χ0v) is 11.6. The number of nitrogens with zero attached hydrogens (tertiary/aromatic N) is 1. The van der Waals surface area contributed by atoms with Crippen LogP contribution in [0.1, 0.15) is 41.7 Å². The van der Waals surface area contributed by atoms with Crippen LogP contribution in [0.4, 0.5) is 0 Å². The summed E-state index contributed by atoms with van der Waals surface area (Å²) in [5.74, 6) is -0.823. The Balaban J connectivity index is 1.73. The standard InChI is InChI=1S/C15H19NO4/c1-11-2-3-12(10-16-11)13(17)14(18)4-6-15(7-5-14)19-8-9-20-15/h2-3,10,18H,4-9H2,1H3. The molecule has 2 heterocycles. The molecule has 3 rings (SSSR count). The Morgan fingerprint density at radius 2 is 1.85 bits per heavy atom. The van der Waals surface area contributed by atoms with Gasteiger partial charge in [-0.05, 0) is 31.9 Å². The number of aromatic nitrogens is 1. The van der Waals surface area contributed by atoms with Gasteiger partial charge in [0.1, 0.15) is 5.60 Å². The van der Waals surface area contributed by atoms with Crippen LogP contribution in [0.25, 0.3) is 0 Å². The molecule has 0 radical (unpaired) electrons. The number of aryl methyl sites for hydroxylation is 1. The third-order valence-corrected chi connectivity index (χ3v) is 4.25. The van der Waals surface area contributed by atoms with E-state index in [-0.39, 0.29) is 5.78 Å². The number of hydrogen-bond acceptors (Lipinski definition) is 5. The van der Waals surface area contributed by atoms with Crippen LogP contribution in [0, 0.1) is 6.92 Å². The molecule has 5 nitrogen and oxygen atoms in total. The molecule has 0 bridgehead atoms. The lowest BCUT2D eigenvalue weighted by Crippen LogP contribution is -2.48. The summed E-state index contributed by atoms with van der Waals surface area (Å²) < 4.78 is 11.2. The molecule has 1 aliphatic heterocycles. The predicted molar refractivity (Wildman–Crippen MR) is 71.4 cm³/mol. The first-order chi connectivity index (χ1) is 9.53. The Labute approximate surface area is 117 Å². The molecule has 108 valence electrons. The highest BCUT2D eigenvalue weighted by atomic mass is 16.7. The van der Waals surface area contributed by atoms with Crippen molar-refractivity contribution in [3.8, 4) is 0 Å². The van der Waals surface area contributed by atoms with E-state index in [4.69, 9.17) is 9.47 Å². The van der Waals surface area contributed by atoms with Crippen molar-refractivity contribution < 1.29 is 19.4 Å². The topological polar surface area (TPSA) is 68.7 Å². The molecule has 1 N–H and O–H groups in total. The number of carbonyl (C=O) groups excluding carboxylic acids is 1. The Hall–Kier alpha value is -1.30. The van der Waals surface area contributed by atoms with Crippen molar-refractivity contribution in [2.75, 3.05) is 13.2 Å². The zero-order valence-electron chi connectivity index (χ0n) is 11.6. The molecule has 1 saturated heterocycles. The van der Waals surface area contributed by atoms with Crippen LogP contribution in [0.5, 0.6) is 0 Å². The van der Waals surface area contributed by atoms with E-state index in [1.165, 1.54) is 6.20 Å². The molecule has 0 atom stereocenters. The molecule has 0 unspecified atom stereocenters. The van der Waals surface area contributed by atoms with E-state index in [1.807, 2.05) is 6.92 Å². The molecule has 0 aromatic carbocycles. The van der Waals surface area contributed by atoms with E-state index in [0.29, 0.717) is 44.5 Å². The van der Waals surface area contributed by atoms with E-state index in [0.717, 1.165) is 5.69 Å². The van der Waals surface area contributed by atoms with Crippen LogP contribution in [0.2, 0.25) is 0 Å². The normalized spacial score (nSPS) is 23.9. The Morgan fingerprint density at radius 1 is 1.20 bits per heavy atom. The maximum atomic E-state index is 12.5. The molecule has 1 aromatic rings. The third kappa shape index (κ3) is 2.37. The van der Waals surface area contributed by atoms with E-state index >= 15 is 0 Å². The van der Waals surface area contributed by atoms with Gasteiger partial charge in [0.2, 0.25) is 0 Å². The second kappa shape index (κ2) is 4.91. The number of hydrogen-bond donors (Lipinski definition) is 1. The van der Waals surface area contributed by atoms with Gasteiger partial charge in [0, 0.05) is 30.3 Å². The average molecular weight is 277 g/mol. The first-order valence-electron chi connectivity index (χ1n) is 7.01. The minimum atomic E-state index is -1.32. The van der Waals surface area contributed by atoms with Gasteiger partial charge in [0.05, 0.1) is 13.2 Å². The summed E-state index contributed by atoms with van der Waals surface area (Å²) in [5, 5.41) is 10.6. The van der Waals surface area contributed by atoms with Gasteiger partial charge in [-0.3, -0.25) is 9.78 Å². The van der Waals surface area contributed by atoms with Crippen LogP contribution in [-0.2, 0) is 9.47 Å². The minimum Gasteiger partial charge on any atom is -0.382 e. The molecule has 1 aromatic heterocycles. The summed E-state index contributed by atoms with van der Waals surface area (Å²) in [6, 6.07) is 3.50. The van der Waals surface area contributed by atoms with Gasteiger partial charge >= 0.3 is 0 Å². The maximum absolute atomic E-state index is 12.5. The fourth-order valence-electron chi connectivity index (χ4n) is 2.93. The van der Waals surface area contributed by atoms with E-state index in [1.54, 1.807) is 12.1 Å². The minimum absolute atomic E-state index is 0.252. The monoisotopic (exact) mass is 277 g/mol. The van der Waals surface area contributed by atoms with Crippen LogP contribution in [0.15, 0.2) is 18.3 Å². The van der Waals surface area contributed by atoms with Crippen molar-refractivity contribution in [3.05, 3.63) is 29.6 Å². The van der Waals surface area contributed by atoms with Gasteiger partial charge < -0.3 is 14.6 Å². The average Bonchev–Trinajstić information content (AvgIpc) is 2.92. The molecule has 1 aliphatic carbocycles. The second-order valence-electron chi connectivity index (χ2n) is 5.66. The van der Waals surface area contributed by atoms with Crippen LogP contribution in [-0.4, -0.2) is 40.5 Å². The zero-order chi connectivity index (χ0) is 14.2. The molecule has 20 heavy (non-hydrogen) atoms. The van der Waals surface area contributed by atoms with Gasteiger partial charge in [-0.15, -0.1) is 0 Å². The summed E-state index contributed by atoms with van der Waals surface area (Å²) >= 11 is 0. The van der Waals surface area contributed by atoms with Gasteiger partial charge in [-0.2, -0.15) is 0 Å². The maximum Gasteiger partial charge on any atom is 0.195 e. The van der Waals surface area contributed by atoms with E-state index in [9.17, 15) is 9.90 Å². The summed E-state index contributed by atoms with van der Waals surface area (Å²) in [6.07, 6.45) is 3.35. The first-order valence-corrected chi connectivity index (χ1v) is 7.01. The SMILES string of the molecule is Cc1ccc(C(=O)C2(O)CCC3(CC2)OCCO3)cn1. The van der Waals surface area contributed by atoms with Gasteiger partial charge in [-0.1, -0.05) is 0 Å². The number of aliphatic hydroxyl groups is 1. The lowest BCUT2D eigenvalue weighted by atomic mass is 9.77. The number of rotatable bonds is 2. The fourth-order valence-corrected chi connectivity index (χ4v) is 2.93. The third-order valence-electron chi connectivity index (χ3n) is 4.25. The van der Waals surface area contributed by atoms with Crippen molar-refractivity contribution in [2.24, 2.45) is 0 Å². The smallest absolute Gasteiger partial charge is 0.195 e. The lowest BCUT2D eigenvalue weighted by Gasteiger charge is -2.39. The Morgan fingerprint density at radius 3 is 2.40 bits per heavy atom. The second-order valence-corrected chi connectivity index (χ2v) is 5.66. The summed E-state index contributed by atoms with van der Waals surface area (Å²) in [6.45, 7) is 3.05. The van der Waals surface area contributed by atoms with Gasteiger partial charge in [0.25, 0.3) is 0 Å². The molecule has 5 heteroatoms. The van der Waals surface area contributed by atoms with Crippen molar-refractivity contribution in [1.82, 2.24) is 4.98 Å². The molecule has 1 saturated carbocycles. The summed E-state index contributed by atoms with van der Waals surface area (Å²) in [7, 11) is 0. The van der Waals surface area contributed by atoms with Crippen LogP contribution < -0.4 is 0 Å². The molecule has 2 fully saturated rings. The number of Topliss-reactive ketones (excluding diaryl/α,β-unsaturated/α-hetero) is 1. The highest BCUT2D eigenvalue weighted by Gasteiger charge is 2.48. The highest BCUT2D eigenvalue weighted by molar-refractivity contribution is 6.02. The van der Waals surface area contributed by atoms with Crippen LogP contribution >= 0.6 is 0 Å². The van der Waals surface area contributed by atoms with Crippen molar-refractivity contribution in [1.29, 1.82) is 0 Å². The van der Waals surface area contributed by atoms with E-state index < -0.39 is 11.4 Å². The van der Waals surface area contributed by atoms with E-state index in [2.05, 4.69) is 4.98 Å². The van der Waals surface area contributed by atoms with Crippen LogP contribution in [0.3, 0.4) is 0 Å². The summed E-state index contributed by atoms with van der Waals surface area (Å²) in [4.78, 5) is 16.6. The largest absolute Gasteiger partial charge is 0.382 e. The molecular weight excluding hydrogens is 258 g/mol. The lowest BCUT2D eigenvalue weighted by molar-refractivity contribution is -0.195.